The number of likely N-dealkylation sites (tertiary alicyclic amines) is 1. The number of aryl methyl sites for hydroxylation is 1. The van der Waals surface area contributed by atoms with Crippen molar-refractivity contribution in [1.82, 2.24) is 9.47 Å². The summed E-state index contributed by atoms with van der Waals surface area (Å²) in [7, 11) is 0. The average molecular weight is 302 g/mol. The highest BCUT2D eigenvalue weighted by molar-refractivity contribution is 5.95. The molecule has 0 bridgehead atoms. The van der Waals surface area contributed by atoms with Gasteiger partial charge in [0.1, 0.15) is 0 Å². The lowest BCUT2D eigenvalue weighted by Gasteiger charge is -2.30. The van der Waals surface area contributed by atoms with E-state index < -0.39 is 0 Å². The topological polar surface area (TPSA) is 25.2 Å². The van der Waals surface area contributed by atoms with E-state index in [4.69, 9.17) is 0 Å². The van der Waals surface area contributed by atoms with E-state index in [1.54, 1.807) is 0 Å². The zero-order chi connectivity index (χ0) is 15.7. The summed E-state index contributed by atoms with van der Waals surface area (Å²) in [6, 6.07) is 2.74. The van der Waals surface area contributed by atoms with Gasteiger partial charge in [0.25, 0.3) is 5.91 Å². The third kappa shape index (κ3) is 2.95. The van der Waals surface area contributed by atoms with Gasteiger partial charge in [-0.2, -0.15) is 0 Å². The molecule has 1 aromatic rings. The van der Waals surface area contributed by atoms with Crippen LogP contribution in [0.3, 0.4) is 0 Å². The predicted octanol–water partition coefficient (Wildman–Crippen LogP) is 4.48. The summed E-state index contributed by atoms with van der Waals surface area (Å²) in [4.78, 5) is 15.0. The average Bonchev–Trinajstić information content (AvgIpc) is 2.83. The van der Waals surface area contributed by atoms with Crippen LogP contribution in [-0.4, -0.2) is 28.5 Å². The number of hydrogen-bond acceptors (Lipinski definition) is 1. The van der Waals surface area contributed by atoms with Gasteiger partial charge in [0.05, 0.1) is 5.56 Å². The van der Waals surface area contributed by atoms with Crippen LogP contribution in [0.4, 0.5) is 0 Å². The SMILES string of the molecule is Cc1cc(C(=O)N2CCC(C)CC2)c(C)n1C1CCCCC1. The highest BCUT2D eigenvalue weighted by atomic mass is 16.2. The molecule has 0 unspecified atom stereocenters. The summed E-state index contributed by atoms with van der Waals surface area (Å²) < 4.78 is 2.44. The number of rotatable bonds is 2. The Morgan fingerprint density at radius 1 is 1.05 bits per heavy atom. The van der Waals surface area contributed by atoms with Gasteiger partial charge in [0, 0.05) is 30.5 Å². The van der Waals surface area contributed by atoms with Crippen LogP contribution in [0.2, 0.25) is 0 Å². The highest BCUT2D eigenvalue weighted by Gasteiger charge is 2.26. The van der Waals surface area contributed by atoms with E-state index in [-0.39, 0.29) is 5.91 Å². The molecule has 0 atom stereocenters. The lowest BCUT2D eigenvalue weighted by atomic mass is 9.95. The second kappa shape index (κ2) is 6.47. The van der Waals surface area contributed by atoms with E-state index in [1.807, 2.05) is 0 Å². The number of carbonyl (C=O) groups excluding carboxylic acids is 1. The molecule has 122 valence electrons. The summed E-state index contributed by atoms with van der Waals surface area (Å²) >= 11 is 0. The predicted molar refractivity (Wildman–Crippen MR) is 90.3 cm³/mol. The Morgan fingerprint density at radius 2 is 1.68 bits per heavy atom. The molecule has 0 N–H and O–H groups in total. The summed E-state index contributed by atoms with van der Waals surface area (Å²) in [6.07, 6.45) is 8.86. The maximum absolute atomic E-state index is 12.9. The fourth-order valence-electron chi connectivity index (χ4n) is 4.28. The van der Waals surface area contributed by atoms with Crippen molar-refractivity contribution < 1.29 is 4.79 Å². The molecule has 0 radical (unpaired) electrons. The molecule has 2 fully saturated rings. The van der Waals surface area contributed by atoms with Crippen molar-refractivity contribution >= 4 is 5.91 Å². The van der Waals surface area contributed by atoms with Crippen molar-refractivity contribution in [2.24, 2.45) is 5.92 Å². The van der Waals surface area contributed by atoms with Crippen molar-refractivity contribution in [3.05, 3.63) is 23.0 Å². The molecule has 1 aliphatic heterocycles. The minimum Gasteiger partial charge on any atom is -0.345 e. The number of nitrogens with zero attached hydrogens (tertiary/aromatic N) is 2. The largest absolute Gasteiger partial charge is 0.345 e. The van der Waals surface area contributed by atoms with Gasteiger partial charge in [-0.05, 0) is 51.5 Å². The van der Waals surface area contributed by atoms with Gasteiger partial charge in [-0.25, -0.2) is 0 Å². The van der Waals surface area contributed by atoms with E-state index in [0.717, 1.165) is 37.4 Å². The number of carbonyl (C=O) groups is 1. The van der Waals surface area contributed by atoms with Crippen LogP contribution in [0.5, 0.6) is 0 Å². The quantitative estimate of drug-likeness (QED) is 0.790. The Morgan fingerprint density at radius 3 is 2.32 bits per heavy atom. The van der Waals surface area contributed by atoms with E-state index in [9.17, 15) is 4.79 Å². The second-order valence-corrected chi connectivity index (χ2v) is 7.42. The van der Waals surface area contributed by atoms with Gasteiger partial charge in [0.2, 0.25) is 0 Å². The number of amides is 1. The van der Waals surface area contributed by atoms with Gasteiger partial charge >= 0.3 is 0 Å². The minimum absolute atomic E-state index is 0.252. The lowest BCUT2D eigenvalue weighted by molar-refractivity contribution is 0.0696. The van der Waals surface area contributed by atoms with Gasteiger partial charge in [-0.15, -0.1) is 0 Å². The number of aromatic nitrogens is 1. The van der Waals surface area contributed by atoms with Crippen molar-refractivity contribution in [3.8, 4) is 0 Å². The summed E-state index contributed by atoms with van der Waals surface area (Å²) in [5.41, 5.74) is 3.39. The van der Waals surface area contributed by atoms with Crippen LogP contribution < -0.4 is 0 Å². The molecular weight excluding hydrogens is 272 g/mol. The zero-order valence-electron chi connectivity index (χ0n) is 14.4. The fourth-order valence-corrected chi connectivity index (χ4v) is 4.28. The van der Waals surface area contributed by atoms with E-state index in [1.165, 1.54) is 43.5 Å². The van der Waals surface area contributed by atoms with Crippen LogP contribution >= 0.6 is 0 Å². The Balaban J connectivity index is 1.81. The second-order valence-electron chi connectivity index (χ2n) is 7.42. The summed E-state index contributed by atoms with van der Waals surface area (Å²) in [5, 5.41) is 0. The van der Waals surface area contributed by atoms with Gasteiger partial charge in [-0.3, -0.25) is 4.79 Å². The van der Waals surface area contributed by atoms with Crippen LogP contribution in [0, 0.1) is 19.8 Å². The Kier molecular flexibility index (Phi) is 4.60. The first-order valence-corrected chi connectivity index (χ1v) is 9.05. The molecule has 1 aliphatic carbocycles. The number of piperidine rings is 1. The van der Waals surface area contributed by atoms with E-state index >= 15 is 0 Å². The first-order chi connectivity index (χ1) is 10.6. The van der Waals surface area contributed by atoms with E-state index in [0.29, 0.717) is 6.04 Å². The first kappa shape index (κ1) is 15.6. The smallest absolute Gasteiger partial charge is 0.255 e. The molecule has 3 nitrogen and oxygen atoms in total. The maximum Gasteiger partial charge on any atom is 0.255 e. The maximum atomic E-state index is 12.9. The molecule has 0 spiro atoms. The van der Waals surface area contributed by atoms with Crippen LogP contribution in [0.25, 0.3) is 0 Å². The Hall–Kier alpha value is -1.25. The van der Waals surface area contributed by atoms with Crippen LogP contribution in [0.15, 0.2) is 6.07 Å². The molecule has 3 rings (SSSR count). The van der Waals surface area contributed by atoms with Crippen molar-refractivity contribution in [2.45, 2.75) is 71.8 Å². The van der Waals surface area contributed by atoms with Gasteiger partial charge in [-0.1, -0.05) is 26.2 Å². The highest BCUT2D eigenvalue weighted by Crippen LogP contribution is 2.32. The molecule has 2 aliphatic rings. The van der Waals surface area contributed by atoms with Gasteiger partial charge in [0.15, 0.2) is 0 Å². The molecule has 3 heteroatoms. The fraction of sp³-hybridized carbons (Fsp3) is 0.737. The zero-order valence-corrected chi connectivity index (χ0v) is 14.4. The Bertz CT molecular complexity index is 532. The number of hydrogen-bond donors (Lipinski definition) is 0. The minimum atomic E-state index is 0.252. The standard InChI is InChI=1S/C19H30N2O/c1-14-9-11-20(12-10-14)19(22)18-13-15(2)21(16(18)3)17-7-5-4-6-8-17/h13-14,17H,4-12H2,1-3H3. The molecule has 1 saturated carbocycles. The lowest BCUT2D eigenvalue weighted by Crippen LogP contribution is -2.38. The van der Waals surface area contributed by atoms with Crippen molar-refractivity contribution in [3.63, 3.8) is 0 Å². The third-order valence-electron chi connectivity index (χ3n) is 5.73. The first-order valence-electron chi connectivity index (χ1n) is 9.05. The Labute approximate surface area is 134 Å². The molecule has 1 aromatic heterocycles. The van der Waals surface area contributed by atoms with Crippen LogP contribution in [-0.2, 0) is 0 Å². The summed E-state index contributed by atoms with van der Waals surface area (Å²) in [6.45, 7) is 8.44. The molecule has 1 saturated heterocycles. The van der Waals surface area contributed by atoms with Gasteiger partial charge < -0.3 is 9.47 Å². The molecule has 0 aromatic carbocycles. The molecule has 2 heterocycles. The summed E-state index contributed by atoms with van der Waals surface area (Å²) in [5.74, 6) is 1.01. The monoisotopic (exact) mass is 302 g/mol. The van der Waals surface area contributed by atoms with Crippen molar-refractivity contribution in [2.75, 3.05) is 13.1 Å². The van der Waals surface area contributed by atoms with Crippen LogP contribution in [0.1, 0.15) is 79.7 Å². The molecule has 22 heavy (non-hydrogen) atoms. The van der Waals surface area contributed by atoms with Crippen molar-refractivity contribution in [1.29, 1.82) is 0 Å². The molecular formula is C19H30N2O. The normalized spacial score (nSPS) is 21.3. The third-order valence-corrected chi connectivity index (χ3v) is 5.73. The van der Waals surface area contributed by atoms with E-state index in [2.05, 4.69) is 36.3 Å². The molecule has 1 amide bonds.